The second kappa shape index (κ2) is 3.86. The molecule has 4 nitrogen and oxygen atoms in total. The summed E-state index contributed by atoms with van der Waals surface area (Å²) in [5, 5.41) is 0.882. The van der Waals surface area contributed by atoms with Crippen LogP contribution in [0, 0.1) is 13.8 Å². The van der Waals surface area contributed by atoms with Gasteiger partial charge in [0.2, 0.25) is 5.78 Å². The van der Waals surface area contributed by atoms with Crippen LogP contribution in [0.25, 0.3) is 0 Å². The molecule has 0 saturated carbocycles. The molecule has 0 aromatic carbocycles. The molecule has 0 spiro atoms. The van der Waals surface area contributed by atoms with Crippen LogP contribution in [-0.4, -0.2) is 20.7 Å². The van der Waals surface area contributed by atoms with Gasteiger partial charge < -0.3 is 0 Å². The van der Waals surface area contributed by atoms with Gasteiger partial charge in [-0.15, -0.1) is 11.3 Å². The van der Waals surface area contributed by atoms with Gasteiger partial charge >= 0.3 is 0 Å². The molecule has 2 aromatic rings. The lowest BCUT2D eigenvalue weighted by Crippen LogP contribution is -2.03. The highest BCUT2D eigenvalue weighted by atomic mass is 32.1. The fourth-order valence-electron chi connectivity index (χ4n) is 1.21. The van der Waals surface area contributed by atoms with Gasteiger partial charge in [-0.3, -0.25) is 4.79 Å². The lowest BCUT2D eigenvalue weighted by atomic mass is 10.1. The Morgan fingerprint density at radius 1 is 1.27 bits per heavy atom. The fraction of sp³-hybridized carbons (Fsp3) is 0.200. The molecule has 0 amide bonds. The first-order valence-corrected chi connectivity index (χ1v) is 5.24. The maximum atomic E-state index is 12.0. The molecule has 0 aliphatic rings. The topological polar surface area (TPSA) is 55.7 Å². The Hall–Kier alpha value is -1.62. The molecular weight excluding hydrogens is 210 g/mol. The Bertz CT molecular complexity index is 507. The van der Waals surface area contributed by atoms with Crippen molar-refractivity contribution < 1.29 is 4.79 Å². The second-order valence-corrected chi connectivity index (χ2v) is 4.33. The number of nitrogens with zero attached hydrogens (tertiary/aromatic N) is 3. The minimum absolute atomic E-state index is 0.0568. The number of carbonyl (C=O) groups is 1. The largest absolute Gasteiger partial charge is 0.287 e. The summed E-state index contributed by atoms with van der Waals surface area (Å²) in [6, 6.07) is 0. The zero-order valence-electron chi connectivity index (χ0n) is 8.39. The summed E-state index contributed by atoms with van der Waals surface area (Å²) in [5.74, 6) is -0.0568. The summed E-state index contributed by atoms with van der Waals surface area (Å²) in [6.45, 7) is 3.67. The average Bonchev–Trinajstić information content (AvgIpc) is 2.65. The summed E-state index contributed by atoms with van der Waals surface area (Å²) in [4.78, 5) is 24.5. The quantitative estimate of drug-likeness (QED) is 0.722. The zero-order valence-corrected chi connectivity index (χ0v) is 9.21. The Kier molecular flexibility index (Phi) is 2.55. The van der Waals surface area contributed by atoms with Crippen molar-refractivity contribution >= 4 is 17.1 Å². The second-order valence-electron chi connectivity index (χ2n) is 3.09. The summed E-state index contributed by atoms with van der Waals surface area (Å²) in [6.07, 6.45) is 4.57. The van der Waals surface area contributed by atoms with E-state index in [9.17, 15) is 4.79 Å². The highest BCUT2D eigenvalue weighted by Crippen LogP contribution is 2.17. The molecule has 76 valence electrons. The molecule has 0 radical (unpaired) electrons. The summed E-state index contributed by atoms with van der Waals surface area (Å²) < 4.78 is 0. The summed E-state index contributed by atoms with van der Waals surface area (Å²) >= 11 is 1.38. The van der Waals surface area contributed by atoms with E-state index in [1.54, 1.807) is 19.3 Å². The number of hydrogen-bond donors (Lipinski definition) is 0. The third-order valence-corrected chi connectivity index (χ3v) is 2.91. The van der Waals surface area contributed by atoms with Gasteiger partial charge in [-0.2, -0.15) is 0 Å². The molecule has 5 heteroatoms. The van der Waals surface area contributed by atoms with Crippen molar-refractivity contribution in [3.8, 4) is 0 Å². The molecule has 0 N–H and O–H groups in total. The maximum Gasteiger partial charge on any atom is 0.207 e. The van der Waals surface area contributed by atoms with Crippen LogP contribution in [0.15, 0.2) is 18.7 Å². The van der Waals surface area contributed by atoms with Crippen LogP contribution < -0.4 is 0 Å². The normalized spacial score (nSPS) is 10.3. The highest BCUT2D eigenvalue weighted by Gasteiger charge is 2.14. The number of ketones is 1. The molecule has 2 aromatic heterocycles. The van der Waals surface area contributed by atoms with Gasteiger partial charge in [-0.1, -0.05) is 0 Å². The molecule has 2 heterocycles. The van der Waals surface area contributed by atoms with Crippen molar-refractivity contribution in [1.29, 1.82) is 0 Å². The molecule has 2 rings (SSSR count). The van der Waals surface area contributed by atoms with E-state index in [0.29, 0.717) is 16.1 Å². The van der Waals surface area contributed by atoms with Gasteiger partial charge in [-0.25, -0.2) is 15.0 Å². The first kappa shape index (κ1) is 9.92. The van der Waals surface area contributed by atoms with Gasteiger partial charge in [-0.05, 0) is 13.8 Å². The third kappa shape index (κ3) is 1.92. The van der Waals surface area contributed by atoms with Crippen LogP contribution in [0.3, 0.4) is 0 Å². The van der Waals surface area contributed by atoms with Gasteiger partial charge in [0.25, 0.3) is 0 Å². The van der Waals surface area contributed by atoms with E-state index in [4.69, 9.17) is 0 Å². The molecule has 0 unspecified atom stereocenters. The SMILES string of the molecule is Cc1ncc(C(=O)c2cncnc2C)s1. The fourth-order valence-corrected chi connectivity index (χ4v) is 1.94. The van der Waals surface area contributed by atoms with Crippen molar-refractivity contribution in [2.45, 2.75) is 13.8 Å². The number of aryl methyl sites for hydroxylation is 2. The van der Waals surface area contributed by atoms with Crippen molar-refractivity contribution in [2.24, 2.45) is 0 Å². The van der Waals surface area contributed by atoms with Crippen LogP contribution in [0.1, 0.15) is 25.9 Å². The van der Waals surface area contributed by atoms with E-state index in [-0.39, 0.29) is 5.78 Å². The number of thiazole rings is 1. The molecule has 0 fully saturated rings. The van der Waals surface area contributed by atoms with Crippen molar-refractivity contribution in [2.75, 3.05) is 0 Å². The molecular formula is C10H9N3OS. The molecule has 15 heavy (non-hydrogen) atoms. The van der Waals surface area contributed by atoms with Crippen molar-refractivity contribution in [3.05, 3.63) is 39.9 Å². The third-order valence-electron chi connectivity index (χ3n) is 2.00. The van der Waals surface area contributed by atoms with E-state index < -0.39 is 0 Å². The first-order chi connectivity index (χ1) is 7.18. The van der Waals surface area contributed by atoms with E-state index in [1.807, 2.05) is 6.92 Å². The van der Waals surface area contributed by atoms with Gasteiger partial charge in [0.15, 0.2) is 0 Å². The minimum Gasteiger partial charge on any atom is -0.287 e. The molecule has 0 saturated heterocycles. The smallest absolute Gasteiger partial charge is 0.207 e. The Morgan fingerprint density at radius 3 is 2.67 bits per heavy atom. The average molecular weight is 219 g/mol. The maximum absolute atomic E-state index is 12.0. The predicted molar refractivity (Wildman–Crippen MR) is 57.1 cm³/mol. The Balaban J connectivity index is 2.41. The lowest BCUT2D eigenvalue weighted by molar-refractivity contribution is 0.104. The summed E-state index contributed by atoms with van der Waals surface area (Å²) in [5.41, 5.74) is 1.24. The van der Waals surface area contributed by atoms with E-state index in [1.165, 1.54) is 17.7 Å². The van der Waals surface area contributed by atoms with Crippen LogP contribution >= 0.6 is 11.3 Å². The van der Waals surface area contributed by atoms with Crippen molar-refractivity contribution in [1.82, 2.24) is 15.0 Å². The first-order valence-electron chi connectivity index (χ1n) is 4.42. The van der Waals surface area contributed by atoms with Gasteiger partial charge in [0.05, 0.1) is 21.1 Å². The number of carbonyl (C=O) groups excluding carboxylic acids is 1. The van der Waals surface area contributed by atoms with E-state index in [0.717, 1.165) is 5.01 Å². The highest BCUT2D eigenvalue weighted by molar-refractivity contribution is 7.13. The van der Waals surface area contributed by atoms with Gasteiger partial charge in [0, 0.05) is 12.4 Å². The van der Waals surface area contributed by atoms with Crippen molar-refractivity contribution in [3.63, 3.8) is 0 Å². The minimum atomic E-state index is -0.0568. The number of rotatable bonds is 2. The number of aromatic nitrogens is 3. The van der Waals surface area contributed by atoms with E-state index in [2.05, 4.69) is 15.0 Å². The van der Waals surface area contributed by atoms with Gasteiger partial charge in [0.1, 0.15) is 6.33 Å². The molecule has 0 bridgehead atoms. The standard InChI is InChI=1S/C10H9N3OS/c1-6-8(3-11-5-13-6)10(14)9-4-12-7(2)15-9/h3-5H,1-2H3. The van der Waals surface area contributed by atoms with Crippen LogP contribution in [0.5, 0.6) is 0 Å². The molecule has 0 aliphatic carbocycles. The lowest BCUT2D eigenvalue weighted by Gasteiger charge is -1.99. The van der Waals surface area contributed by atoms with Crippen LogP contribution in [-0.2, 0) is 0 Å². The number of hydrogen-bond acceptors (Lipinski definition) is 5. The van der Waals surface area contributed by atoms with E-state index >= 15 is 0 Å². The summed E-state index contributed by atoms with van der Waals surface area (Å²) in [7, 11) is 0. The Morgan fingerprint density at radius 2 is 2.07 bits per heavy atom. The monoisotopic (exact) mass is 219 g/mol. The predicted octanol–water partition coefficient (Wildman–Crippen LogP) is 1.78. The van der Waals surface area contributed by atoms with Crippen LogP contribution in [0.2, 0.25) is 0 Å². The molecule has 0 aliphatic heterocycles. The molecule has 0 atom stereocenters. The Labute approximate surface area is 91.0 Å². The zero-order chi connectivity index (χ0) is 10.8. The van der Waals surface area contributed by atoms with Crippen LogP contribution in [0.4, 0.5) is 0 Å².